The van der Waals surface area contributed by atoms with E-state index in [4.69, 9.17) is 11.6 Å². The molecule has 0 bridgehead atoms. The van der Waals surface area contributed by atoms with Crippen LogP contribution in [0, 0.1) is 15.9 Å². The van der Waals surface area contributed by atoms with Crippen molar-refractivity contribution < 1.29 is 14.1 Å². The SMILES string of the molecule is Cn1cnnc1Sc1ccc(C(=O)Nc2cccc(Cl)c2F)cc1[N+](=O)[O-]. The number of hydrogen-bond donors (Lipinski definition) is 1. The molecule has 0 atom stereocenters. The fourth-order valence-electron chi connectivity index (χ4n) is 2.15. The molecular formula is C16H11ClFN5O3S. The second-order valence-electron chi connectivity index (χ2n) is 5.32. The summed E-state index contributed by atoms with van der Waals surface area (Å²) in [5.41, 5.74) is -0.390. The third-order valence-corrected chi connectivity index (χ3v) is 4.90. The molecule has 0 saturated carbocycles. The molecule has 1 N–H and O–H groups in total. The molecule has 0 fully saturated rings. The average Bonchev–Trinajstić information content (AvgIpc) is 3.03. The van der Waals surface area contributed by atoms with Gasteiger partial charge < -0.3 is 9.88 Å². The first-order valence-electron chi connectivity index (χ1n) is 7.42. The number of carbonyl (C=O) groups excluding carboxylic acids is 1. The molecule has 1 heterocycles. The minimum absolute atomic E-state index is 0.00314. The van der Waals surface area contributed by atoms with Crippen molar-refractivity contribution >= 4 is 40.6 Å². The number of aromatic nitrogens is 3. The number of nitro benzene ring substituents is 1. The summed E-state index contributed by atoms with van der Waals surface area (Å²) in [6, 6.07) is 8.12. The normalized spacial score (nSPS) is 10.6. The molecule has 3 aromatic rings. The van der Waals surface area contributed by atoms with Gasteiger partial charge >= 0.3 is 0 Å². The molecule has 1 aromatic heterocycles. The van der Waals surface area contributed by atoms with Gasteiger partial charge in [0.25, 0.3) is 11.6 Å². The van der Waals surface area contributed by atoms with Gasteiger partial charge in [0.1, 0.15) is 6.33 Å². The van der Waals surface area contributed by atoms with Crippen LogP contribution in [-0.2, 0) is 7.05 Å². The highest BCUT2D eigenvalue weighted by Gasteiger charge is 2.20. The van der Waals surface area contributed by atoms with Crippen molar-refractivity contribution in [3.63, 3.8) is 0 Å². The molecule has 3 rings (SSSR count). The van der Waals surface area contributed by atoms with Crippen LogP contribution in [0.25, 0.3) is 0 Å². The van der Waals surface area contributed by atoms with Crippen LogP contribution >= 0.6 is 23.4 Å². The molecule has 1 amide bonds. The summed E-state index contributed by atoms with van der Waals surface area (Å²) in [7, 11) is 1.70. The molecule has 0 aliphatic carbocycles. The minimum Gasteiger partial charge on any atom is -0.319 e. The van der Waals surface area contributed by atoms with Gasteiger partial charge in [-0.2, -0.15) is 0 Å². The van der Waals surface area contributed by atoms with Gasteiger partial charge in [0.2, 0.25) is 0 Å². The topological polar surface area (TPSA) is 103 Å². The first-order chi connectivity index (χ1) is 12.9. The van der Waals surface area contributed by atoms with Crippen LogP contribution in [-0.4, -0.2) is 25.6 Å². The van der Waals surface area contributed by atoms with Gasteiger partial charge in [0, 0.05) is 18.7 Å². The van der Waals surface area contributed by atoms with Crippen molar-refractivity contribution in [2.24, 2.45) is 7.05 Å². The summed E-state index contributed by atoms with van der Waals surface area (Å²) in [5.74, 6) is -1.48. The number of rotatable bonds is 5. The molecule has 27 heavy (non-hydrogen) atoms. The van der Waals surface area contributed by atoms with Crippen molar-refractivity contribution in [3.05, 3.63) is 69.2 Å². The lowest BCUT2D eigenvalue weighted by atomic mass is 10.2. The highest BCUT2D eigenvalue weighted by Crippen LogP contribution is 2.34. The lowest BCUT2D eigenvalue weighted by Gasteiger charge is -2.08. The van der Waals surface area contributed by atoms with E-state index in [-0.39, 0.29) is 22.0 Å². The molecule has 0 radical (unpaired) electrons. The molecule has 0 unspecified atom stereocenters. The quantitative estimate of drug-likeness (QED) is 0.508. The maximum atomic E-state index is 13.9. The van der Waals surface area contributed by atoms with E-state index in [1.54, 1.807) is 11.6 Å². The van der Waals surface area contributed by atoms with Crippen LogP contribution in [0.5, 0.6) is 0 Å². The van der Waals surface area contributed by atoms with Gasteiger partial charge in [-0.3, -0.25) is 14.9 Å². The molecule has 8 nitrogen and oxygen atoms in total. The number of halogens is 2. The Balaban J connectivity index is 1.89. The molecule has 11 heteroatoms. The molecule has 2 aromatic carbocycles. The zero-order valence-corrected chi connectivity index (χ0v) is 15.3. The van der Waals surface area contributed by atoms with E-state index < -0.39 is 16.6 Å². The molecule has 0 spiro atoms. The molecule has 0 aliphatic heterocycles. The number of nitrogens with one attached hydrogen (secondary N) is 1. The van der Waals surface area contributed by atoms with Gasteiger partial charge in [0.05, 0.1) is 20.5 Å². The smallest absolute Gasteiger partial charge is 0.284 e. The minimum atomic E-state index is -0.781. The number of amides is 1. The first kappa shape index (κ1) is 18.8. The van der Waals surface area contributed by atoms with Gasteiger partial charge in [-0.1, -0.05) is 17.7 Å². The Labute approximate surface area is 161 Å². The van der Waals surface area contributed by atoms with Gasteiger partial charge in [-0.05, 0) is 36.0 Å². The van der Waals surface area contributed by atoms with Crippen LogP contribution in [0.1, 0.15) is 10.4 Å². The second-order valence-corrected chi connectivity index (χ2v) is 6.74. The first-order valence-corrected chi connectivity index (χ1v) is 8.62. The molecule has 0 aliphatic rings. The average molecular weight is 408 g/mol. The number of nitrogens with zero attached hydrogens (tertiary/aromatic N) is 4. The third kappa shape index (κ3) is 4.07. The number of anilines is 1. The van der Waals surface area contributed by atoms with Crippen molar-refractivity contribution in [3.8, 4) is 0 Å². The van der Waals surface area contributed by atoms with Crippen molar-refractivity contribution in [2.45, 2.75) is 10.1 Å². The third-order valence-electron chi connectivity index (χ3n) is 3.49. The molecular weight excluding hydrogens is 397 g/mol. The Morgan fingerprint density at radius 1 is 1.37 bits per heavy atom. The fourth-order valence-corrected chi connectivity index (χ4v) is 3.17. The number of carbonyl (C=O) groups is 1. The van der Waals surface area contributed by atoms with Crippen molar-refractivity contribution in [2.75, 3.05) is 5.32 Å². The zero-order valence-electron chi connectivity index (χ0n) is 13.7. The van der Waals surface area contributed by atoms with Crippen LogP contribution in [0.4, 0.5) is 15.8 Å². The number of benzene rings is 2. The largest absolute Gasteiger partial charge is 0.319 e. The van der Waals surface area contributed by atoms with Gasteiger partial charge in [0.15, 0.2) is 11.0 Å². The van der Waals surface area contributed by atoms with E-state index in [0.29, 0.717) is 10.1 Å². The Morgan fingerprint density at radius 3 is 2.81 bits per heavy atom. The number of hydrogen-bond acceptors (Lipinski definition) is 6. The van der Waals surface area contributed by atoms with Gasteiger partial charge in [-0.25, -0.2) is 4.39 Å². The van der Waals surface area contributed by atoms with Crippen LogP contribution in [0.2, 0.25) is 5.02 Å². The number of aryl methyl sites for hydroxylation is 1. The van der Waals surface area contributed by atoms with Crippen LogP contribution in [0.3, 0.4) is 0 Å². The summed E-state index contributed by atoms with van der Waals surface area (Å²) in [6.07, 6.45) is 1.47. The molecule has 138 valence electrons. The summed E-state index contributed by atoms with van der Waals surface area (Å²) in [4.78, 5) is 23.5. The van der Waals surface area contributed by atoms with E-state index in [0.717, 1.165) is 17.8 Å². The Kier molecular flexibility index (Phi) is 5.38. The standard InChI is InChI=1S/C16H11ClFN5O3S/c1-22-8-19-21-16(22)27-13-6-5-9(7-12(13)23(25)26)15(24)20-11-4-2-3-10(17)14(11)18/h2-8H,1H3,(H,20,24). The van der Waals surface area contributed by atoms with E-state index in [1.165, 1.54) is 36.7 Å². The fraction of sp³-hybridized carbons (Fsp3) is 0.0625. The van der Waals surface area contributed by atoms with E-state index >= 15 is 0 Å². The lowest BCUT2D eigenvalue weighted by Crippen LogP contribution is -2.13. The lowest BCUT2D eigenvalue weighted by molar-refractivity contribution is -0.387. The zero-order chi connectivity index (χ0) is 19.6. The monoisotopic (exact) mass is 407 g/mol. The highest BCUT2D eigenvalue weighted by molar-refractivity contribution is 7.99. The van der Waals surface area contributed by atoms with Crippen LogP contribution in [0.15, 0.2) is 52.8 Å². The Hall–Kier alpha value is -2.98. The summed E-state index contributed by atoms with van der Waals surface area (Å²) in [6.45, 7) is 0. The summed E-state index contributed by atoms with van der Waals surface area (Å²) < 4.78 is 15.5. The molecule has 0 saturated heterocycles. The van der Waals surface area contributed by atoms with Gasteiger partial charge in [-0.15, -0.1) is 10.2 Å². The predicted molar refractivity (Wildman–Crippen MR) is 97.6 cm³/mol. The predicted octanol–water partition coefficient (Wildman–Crippen LogP) is 3.92. The second kappa shape index (κ2) is 7.72. The maximum Gasteiger partial charge on any atom is 0.284 e. The van der Waals surface area contributed by atoms with Crippen molar-refractivity contribution in [1.82, 2.24) is 14.8 Å². The summed E-state index contributed by atoms with van der Waals surface area (Å²) in [5, 5.41) is 21.6. The van der Waals surface area contributed by atoms with E-state index in [1.807, 2.05) is 0 Å². The maximum absolute atomic E-state index is 13.9. The Bertz CT molecular complexity index is 1040. The van der Waals surface area contributed by atoms with E-state index in [2.05, 4.69) is 15.5 Å². The van der Waals surface area contributed by atoms with Crippen LogP contribution < -0.4 is 5.32 Å². The van der Waals surface area contributed by atoms with Crippen molar-refractivity contribution in [1.29, 1.82) is 0 Å². The van der Waals surface area contributed by atoms with E-state index in [9.17, 15) is 19.3 Å². The summed E-state index contributed by atoms with van der Waals surface area (Å²) >= 11 is 6.72. The highest BCUT2D eigenvalue weighted by atomic mass is 35.5. The Morgan fingerprint density at radius 2 is 2.15 bits per heavy atom. The number of nitro groups is 1.